The maximum Gasteiger partial charge on any atom is 0.340 e. The number of imidazole rings is 1. The van der Waals surface area contributed by atoms with Crippen LogP contribution in [0.5, 0.6) is 0 Å². The summed E-state index contributed by atoms with van der Waals surface area (Å²) in [7, 11) is 1.38. The maximum atomic E-state index is 11.8. The fraction of sp³-hybridized carbons (Fsp3) is 0.200. The summed E-state index contributed by atoms with van der Waals surface area (Å²) in [6.07, 6.45) is 0. The molecule has 2 aromatic heterocycles. The molecule has 0 spiro atoms. The van der Waals surface area contributed by atoms with Crippen LogP contribution < -0.4 is 0 Å². The highest BCUT2D eigenvalue weighted by atomic mass is 32.1. The van der Waals surface area contributed by atoms with Crippen molar-refractivity contribution in [3.05, 3.63) is 40.3 Å². The zero-order valence-electron chi connectivity index (χ0n) is 11.5. The number of nitrogens with one attached hydrogen (secondary N) is 1. The van der Waals surface area contributed by atoms with Crippen LogP contribution in [0.3, 0.4) is 0 Å². The van der Waals surface area contributed by atoms with Gasteiger partial charge in [0.05, 0.1) is 23.1 Å². The lowest BCUT2D eigenvalue weighted by atomic mass is 10.2. The highest BCUT2D eigenvalue weighted by molar-refractivity contribution is 7.15. The Morgan fingerprint density at radius 1 is 1.35 bits per heavy atom. The molecule has 2 heterocycles. The number of esters is 1. The van der Waals surface area contributed by atoms with Gasteiger partial charge in [0, 0.05) is 4.88 Å². The van der Waals surface area contributed by atoms with Crippen molar-refractivity contribution in [1.82, 2.24) is 9.97 Å². The molecule has 0 amide bonds. The molecule has 4 nitrogen and oxygen atoms in total. The van der Waals surface area contributed by atoms with Crippen LogP contribution in [0.2, 0.25) is 0 Å². The highest BCUT2D eigenvalue weighted by Gasteiger charge is 2.15. The molecular formula is C15H14N2O2S. The average Bonchev–Trinajstić information content (AvgIpc) is 3.01. The van der Waals surface area contributed by atoms with Gasteiger partial charge in [-0.15, -0.1) is 11.3 Å². The molecule has 5 heteroatoms. The Labute approximate surface area is 120 Å². The van der Waals surface area contributed by atoms with Crippen molar-refractivity contribution in [3.63, 3.8) is 0 Å². The van der Waals surface area contributed by atoms with Crippen LogP contribution >= 0.6 is 11.3 Å². The highest BCUT2D eigenvalue weighted by Crippen LogP contribution is 2.30. The number of aromatic amines is 1. The van der Waals surface area contributed by atoms with Gasteiger partial charge in [0.2, 0.25) is 0 Å². The largest absolute Gasteiger partial charge is 0.465 e. The minimum absolute atomic E-state index is 0.368. The molecule has 1 aromatic carbocycles. The molecule has 0 radical (unpaired) electrons. The quantitative estimate of drug-likeness (QED) is 0.731. The summed E-state index contributed by atoms with van der Waals surface area (Å²) >= 11 is 1.69. The van der Waals surface area contributed by atoms with Crippen LogP contribution in [0.1, 0.15) is 20.8 Å². The first-order chi connectivity index (χ1) is 9.60. The van der Waals surface area contributed by atoms with E-state index >= 15 is 0 Å². The minimum Gasteiger partial charge on any atom is -0.465 e. The summed E-state index contributed by atoms with van der Waals surface area (Å²) in [6.45, 7) is 4.17. The van der Waals surface area contributed by atoms with Gasteiger partial charge < -0.3 is 9.72 Å². The third-order valence-corrected chi connectivity index (χ3v) is 4.48. The van der Waals surface area contributed by atoms with Gasteiger partial charge >= 0.3 is 5.97 Å². The van der Waals surface area contributed by atoms with Gasteiger partial charge in [0.25, 0.3) is 0 Å². The minimum atomic E-state index is -0.368. The van der Waals surface area contributed by atoms with Crippen molar-refractivity contribution in [3.8, 4) is 10.7 Å². The van der Waals surface area contributed by atoms with E-state index < -0.39 is 0 Å². The van der Waals surface area contributed by atoms with Crippen molar-refractivity contribution in [2.45, 2.75) is 13.8 Å². The molecule has 0 aliphatic rings. The molecule has 0 aliphatic carbocycles. The normalized spacial score (nSPS) is 10.9. The average molecular weight is 286 g/mol. The van der Waals surface area contributed by atoms with E-state index in [0.717, 1.165) is 16.2 Å². The number of fused-ring (bicyclic) bond motifs is 1. The molecule has 20 heavy (non-hydrogen) atoms. The molecule has 0 saturated carbocycles. The lowest BCUT2D eigenvalue weighted by Gasteiger charge is -1.98. The summed E-state index contributed by atoms with van der Waals surface area (Å²) < 4.78 is 4.79. The predicted molar refractivity (Wildman–Crippen MR) is 80.2 cm³/mol. The number of thiophene rings is 1. The summed E-state index contributed by atoms with van der Waals surface area (Å²) in [5.41, 5.74) is 3.22. The number of ether oxygens (including phenoxy) is 1. The first kappa shape index (κ1) is 12.9. The molecule has 3 aromatic rings. The van der Waals surface area contributed by atoms with Crippen LogP contribution in [-0.2, 0) is 4.74 Å². The lowest BCUT2D eigenvalue weighted by molar-refractivity contribution is 0.0603. The molecule has 0 aliphatic heterocycles. The second-order valence-electron chi connectivity index (χ2n) is 4.63. The molecule has 0 fully saturated rings. The Morgan fingerprint density at radius 3 is 2.80 bits per heavy atom. The molecule has 1 N–H and O–H groups in total. The fourth-order valence-corrected chi connectivity index (χ4v) is 3.09. The number of rotatable bonds is 2. The summed E-state index contributed by atoms with van der Waals surface area (Å²) in [4.78, 5) is 21.9. The topological polar surface area (TPSA) is 55.0 Å². The number of carbonyl (C=O) groups is 1. The maximum absolute atomic E-state index is 11.8. The monoisotopic (exact) mass is 286 g/mol. The predicted octanol–water partition coefficient (Wildman–Crippen LogP) is 3.69. The number of H-pyrrole nitrogens is 1. The van der Waals surface area contributed by atoms with Gasteiger partial charge in [-0.2, -0.15) is 0 Å². The number of methoxy groups -OCH3 is 1. The van der Waals surface area contributed by atoms with E-state index in [1.807, 2.05) is 12.1 Å². The molecule has 102 valence electrons. The van der Waals surface area contributed by atoms with Gasteiger partial charge in [-0.05, 0) is 37.6 Å². The number of hydrogen-bond donors (Lipinski definition) is 1. The van der Waals surface area contributed by atoms with Crippen LogP contribution in [0.4, 0.5) is 0 Å². The number of aryl methyl sites for hydroxylation is 2. The zero-order valence-corrected chi connectivity index (χ0v) is 12.3. The molecule has 0 atom stereocenters. The number of carbonyl (C=O) groups excluding carboxylic acids is 1. The second kappa shape index (κ2) is 4.76. The first-order valence-electron chi connectivity index (χ1n) is 6.24. The molecule has 0 saturated heterocycles. The summed E-state index contributed by atoms with van der Waals surface area (Å²) in [5.74, 6) is 0.421. The van der Waals surface area contributed by atoms with E-state index in [2.05, 4.69) is 29.9 Å². The first-order valence-corrected chi connectivity index (χ1v) is 7.06. The number of hydrogen-bond acceptors (Lipinski definition) is 4. The SMILES string of the molecule is COC(=O)c1cccc2[nH]c(-c3cc(C)c(C)s3)nc12. The van der Waals surface area contributed by atoms with E-state index in [0.29, 0.717) is 11.1 Å². The smallest absolute Gasteiger partial charge is 0.340 e. The van der Waals surface area contributed by atoms with E-state index in [4.69, 9.17) is 4.74 Å². The number of benzene rings is 1. The third kappa shape index (κ3) is 2.00. The van der Waals surface area contributed by atoms with Gasteiger partial charge in [0.15, 0.2) is 0 Å². The van der Waals surface area contributed by atoms with Crippen molar-refractivity contribution >= 4 is 28.3 Å². The van der Waals surface area contributed by atoms with Gasteiger partial charge in [-0.3, -0.25) is 0 Å². The van der Waals surface area contributed by atoms with E-state index in [1.54, 1.807) is 17.4 Å². The Hall–Kier alpha value is -2.14. The van der Waals surface area contributed by atoms with Crippen LogP contribution in [0.15, 0.2) is 24.3 Å². The molecular weight excluding hydrogens is 272 g/mol. The number of aromatic nitrogens is 2. The van der Waals surface area contributed by atoms with Gasteiger partial charge in [0.1, 0.15) is 11.3 Å². The van der Waals surface area contributed by atoms with E-state index in [-0.39, 0.29) is 5.97 Å². The zero-order chi connectivity index (χ0) is 14.3. The lowest BCUT2D eigenvalue weighted by Crippen LogP contribution is -2.01. The van der Waals surface area contributed by atoms with Crippen LogP contribution in [-0.4, -0.2) is 23.0 Å². The number of para-hydroxylation sites is 1. The van der Waals surface area contributed by atoms with Gasteiger partial charge in [-0.25, -0.2) is 9.78 Å². The Kier molecular flexibility index (Phi) is 3.06. The number of nitrogens with zero attached hydrogens (tertiary/aromatic N) is 1. The third-order valence-electron chi connectivity index (χ3n) is 3.32. The summed E-state index contributed by atoms with van der Waals surface area (Å²) in [6, 6.07) is 7.56. The second-order valence-corrected chi connectivity index (χ2v) is 5.88. The molecule has 0 unspecified atom stereocenters. The van der Waals surface area contributed by atoms with Crippen molar-refractivity contribution < 1.29 is 9.53 Å². The van der Waals surface area contributed by atoms with E-state index in [9.17, 15) is 4.79 Å². The van der Waals surface area contributed by atoms with Crippen LogP contribution in [0.25, 0.3) is 21.7 Å². The molecule has 0 bridgehead atoms. The standard InChI is InChI=1S/C15H14N2O2S/c1-8-7-12(20-9(8)2)14-16-11-6-4-5-10(13(11)17-14)15(18)19-3/h4-7H,1-3H3,(H,16,17). The fourth-order valence-electron chi connectivity index (χ4n) is 2.11. The van der Waals surface area contributed by atoms with Crippen LogP contribution in [0, 0.1) is 13.8 Å². The Balaban J connectivity index is 2.18. The summed E-state index contributed by atoms with van der Waals surface area (Å²) in [5, 5.41) is 0. The Bertz CT molecular complexity index is 782. The Morgan fingerprint density at radius 2 is 2.15 bits per heavy atom. The van der Waals surface area contributed by atoms with Crippen molar-refractivity contribution in [2.75, 3.05) is 7.11 Å². The van der Waals surface area contributed by atoms with Crippen molar-refractivity contribution in [1.29, 1.82) is 0 Å². The molecule has 3 rings (SSSR count). The van der Waals surface area contributed by atoms with E-state index in [1.165, 1.54) is 17.6 Å². The van der Waals surface area contributed by atoms with Gasteiger partial charge in [-0.1, -0.05) is 6.07 Å². The van der Waals surface area contributed by atoms with Crippen molar-refractivity contribution in [2.24, 2.45) is 0 Å².